The molecule has 1 aliphatic heterocycles. The van der Waals surface area contributed by atoms with E-state index in [9.17, 15) is 14.4 Å². The first kappa shape index (κ1) is 16.4. The largest absolute Gasteiger partial charge is 0.369 e. The molecule has 1 saturated heterocycles. The number of aldehydes is 1. The number of carbonyl (C=O) groups excluding carboxylic acids is 3. The van der Waals surface area contributed by atoms with Crippen molar-refractivity contribution in [1.29, 1.82) is 0 Å². The zero-order chi connectivity index (χ0) is 16.6. The number of alkyl halides is 1. The first-order valence-corrected chi connectivity index (χ1v) is 9.05. The number of fused-ring (bicyclic) bond motifs is 1. The Morgan fingerprint density at radius 2 is 2.17 bits per heavy atom. The third-order valence-electron chi connectivity index (χ3n) is 4.78. The lowest BCUT2D eigenvalue weighted by atomic mass is 9.85. The van der Waals surface area contributed by atoms with Crippen LogP contribution in [0.5, 0.6) is 0 Å². The Morgan fingerprint density at radius 1 is 1.43 bits per heavy atom. The van der Waals surface area contributed by atoms with Crippen LogP contribution in [0.25, 0.3) is 0 Å². The summed E-state index contributed by atoms with van der Waals surface area (Å²) in [5.41, 5.74) is 8.20. The number of hydrogen-bond acceptors (Lipinski definition) is 4. The van der Waals surface area contributed by atoms with Crippen molar-refractivity contribution in [2.24, 2.45) is 17.6 Å². The van der Waals surface area contributed by atoms with Crippen LogP contribution in [0.2, 0.25) is 0 Å². The molecule has 0 radical (unpaired) electrons. The first-order valence-electron chi connectivity index (χ1n) is 7.81. The summed E-state index contributed by atoms with van der Waals surface area (Å²) < 4.78 is 0.613. The molecule has 122 valence electrons. The summed E-state index contributed by atoms with van der Waals surface area (Å²) in [6.45, 7) is 1.89. The van der Waals surface area contributed by atoms with E-state index < -0.39 is 17.7 Å². The number of rotatable bonds is 6. The van der Waals surface area contributed by atoms with Gasteiger partial charge in [0, 0.05) is 46.5 Å². The fourth-order valence-electron chi connectivity index (χ4n) is 3.56. The van der Waals surface area contributed by atoms with E-state index in [-0.39, 0.29) is 12.2 Å². The Kier molecular flexibility index (Phi) is 4.70. The second kappa shape index (κ2) is 6.59. The highest BCUT2D eigenvalue weighted by atomic mass is 127. The topological polar surface area (TPSA) is 80.5 Å². The second-order valence-corrected chi connectivity index (χ2v) is 8.00. The van der Waals surface area contributed by atoms with E-state index in [2.05, 4.69) is 27.5 Å². The molecular weight excluding hydrogens is 407 g/mol. The number of Topliss-reactive ketones (excluding diaryl/α,β-unsaturated/α-hetero) is 1. The Morgan fingerprint density at radius 3 is 2.78 bits per heavy atom. The number of ketones is 1. The number of primary amides is 1. The number of anilines is 1. The standard InChI is InChI=1S/C17H19IN2O3/c18-11-8-20(9-11)14-5-1-3-10-7-13(16(22)15(10)14)12(17(19)23)4-2-6-21/h1,3,5-6,11-13H,2,4,7-9H2,(H2,19,23). The molecule has 0 aromatic heterocycles. The van der Waals surface area contributed by atoms with Crippen molar-refractivity contribution < 1.29 is 14.4 Å². The molecule has 2 atom stereocenters. The van der Waals surface area contributed by atoms with Crippen molar-refractivity contribution in [1.82, 2.24) is 0 Å². The number of amides is 1. The summed E-state index contributed by atoms with van der Waals surface area (Å²) in [7, 11) is 0. The van der Waals surface area contributed by atoms with Gasteiger partial charge in [-0.25, -0.2) is 0 Å². The fraction of sp³-hybridized carbons (Fsp3) is 0.471. The number of carbonyl (C=O) groups is 3. The van der Waals surface area contributed by atoms with E-state index in [1.54, 1.807) is 0 Å². The van der Waals surface area contributed by atoms with Crippen molar-refractivity contribution in [2.75, 3.05) is 18.0 Å². The molecule has 0 saturated carbocycles. The van der Waals surface area contributed by atoms with Crippen molar-refractivity contribution >= 4 is 46.3 Å². The van der Waals surface area contributed by atoms with Gasteiger partial charge in [0.15, 0.2) is 5.78 Å². The van der Waals surface area contributed by atoms with Gasteiger partial charge >= 0.3 is 0 Å². The molecule has 5 nitrogen and oxygen atoms in total. The van der Waals surface area contributed by atoms with E-state index in [1.807, 2.05) is 18.2 Å². The molecule has 1 fully saturated rings. The molecule has 2 aliphatic rings. The molecule has 2 N–H and O–H groups in total. The predicted octanol–water partition coefficient (Wildman–Crippen LogP) is 1.75. The van der Waals surface area contributed by atoms with Gasteiger partial charge in [0.05, 0.1) is 0 Å². The van der Waals surface area contributed by atoms with Gasteiger partial charge in [-0.1, -0.05) is 34.7 Å². The number of nitrogens with zero attached hydrogens (tertiary/aromatic N) is 1. The summed E-state index contributed by atoms with van der Waals surface area (Å²) in [4.78, 5) is 37.5. The monoisotopic (exact) mass is 426 g/mol. The van der Waals surface area contributed by atoms with Gasteiger partial charge in [-0.3, -0.25) is 9.59 Å². The maximum Gasteiger partial charge on any atom is 0.221 e. The third kappa shape index (κ3) is 3.00. The van der Waals surface area contributed by atoms with Crippen LogP contribution >= 0.6 is 22.6 Å². The zero-order valence-electron chi connectivity index (χ0n) is 12.7. The number of halogens is 1. The van der Waals surface area contributed by atoms with Crippen LogP contribution in [0, 0.1) is 11.8 Å². The third-order valence-corrected chi connectivity index (χ3v) is 5.56. The number of hydrogen-bond donors (Lipinski definition) is 1. The van der Waals surface area contributed by atoms with Gasteiger partial charge in [0.1, 0.15) is 6.29 Å². The summed E-state index contributed by atoms with van der Waals surface area (Å²) in [6.07, 6.45) is 1.91. The van der Waals surface area contributed by atoms with Crippen molar-refractivity contribution in [2.45, 2.75) is 23.2 Å². The molecule has 1 aliphatic carbocycles. The minimum Gasteiger partial charge on any atom is -0.369 e. The van der Waals surface area contributed by atoms with E-state index in [1.165, 1.54) is 0 Å². The molecule has 0 bridgehead atoms. The summed E-state index contributed by atoms with van der Waals surface area (Å²) in [5, 5.41) is 0. The maximum atomic E-state index is 12.9. The average molecular weight is 426 g/mol. The summed E-state index contributed by atoms with van der Waals surface area (Å²) in [6, 6.07) is 5.90. The molecule has 1 amide bonds. The highest BCUT2D eigenvalue weighted by Crippen LogP contribution is 2.40. The maximum absolute atomic E-state index is 12.9. The van der Waals surface area contributed by atoms with Crippen molar-refractivity contribution in [3.8, 4) is 0 Å². The normalized spacial score (nSPS) is 21.7. The Hall–Kier alpha value is -1.44. The lowest BCUT2D eigenvalue weighted by molar-refractivity contribution is -0.123. The quantitative estimate of drug-likeness (QED) is 0.427. The Labute approximate surface area is 148 Å². The summed E-state index contributed by atoms with van der Waals surface area (Å²) >= 11 is 2.41. The van der Waals surface area contributed by atoms with Crippen LogP contribution < -0.4 is 10.6 Å². The SMILES string of the molecule is NC(=O)C(CCC=O)C1Cc2cccc(N3CC(I)C3)c2C1=O. The zero-order valence-corrected chi connectivity index (χ0v) is 14.9. The highest BCUT2D eigenvalue weighted by molar-refractivity contribution is 14.1. The second-order valence-electron chi connectivity index (χ2n) is 6.24. The van der Waals surface area contributed by atoms with Crippen LogP contribution in [0.4, 0.5) is 5.69 Å². The summed E-state index contributed by atoms with van der Waals surface area (Å²) in [5.74, 6) is -1.49. The van der Waals surface area contributed by atoms with Crippen molar-refractivity contribution in [3.05, 3.63) is 29.3 Å². The van der Waals surface area contributed by atoms with E-state index in [0.29, 0.717) is 16.8 Å². The fourth-order valence-corrected chi connectivity index (χ4v) is 4.51. The molecule has 23 heavy (non-hydrogen) atoms. The molecular formula is C17H19IN2O3. The molecule has 1 aromatic rings. The molecule has 6 heteroatoms. The van der Waals surface area contributed by atoms with Gasteiger partial charge in [-0.2, -0.15) is 0 Å². The van der Waals surface area contributed by atoms with Crippen LogP contribution in [0.15, 0.2) is 18.2 Å². The molecule has 3 rings (SSSR count). The molecule has 1 heterocycles. The Bertz CT molecular complexity index is 655. The lowest BCUT2D eigenvalue weighted by Gasteiger charge is -2.39. The average Bonchev–Trinajstić information content (AvgIpc) is 2.82. The molecule has 1 aromatic carbocycles. The van der Waals surface area contributed by atoms with Crippen LogP contribution in [-0.4, -0.2) is 35.0 Å². The van der Waals surface area contributed by atoms with Crippen molar-refractivity contribution in [3.63, 3.8) is 0 Å². The van der Waals surface area contributed by atoms with Gasteiger partial charge in [0.25, 0.3) is 0 Å². The lowest BCUT2D eigenvalue weighted by Crippen LogP contribution is -2.48. The number of nitrogens with two attached hydrogens (primary N) is 1. The number of benzene rings is 1. The van der Waals surface area contributed by atoms with Crippen LogP contribution in [0.3, 0.4) is 0 Å². The van der Waals surface area contributed by atoms with Gasteiger partial charge in [-0.05, 0) is 24.5 Å². The predicted molar refractivity (Wildman–Crippen MR) is 96.0 cm³/mol. The van der Waals surface area contributed by atoms with Crippen LogP contribution in [0.1, 0.15) is 28.8 Å². The smallest absolute Gasteiger partial charge is 0.221 e. The highest BCUT2D eigenvalue weighted by Gasteiger charge is 2.41. The van der Waals surface area contributed by atoms with E-state index in [0.717, 1.165) is 36.2 Å². The minimum absolute atomic E-state index is 0.00204. The van der Waals surface area contributed by atoms with Gasteiger partial charge < -0.3 is 15.4 Å². The van der Waals surface area contributed by atoms with Crippen LogP contribution in [-0.2, 0) is 16.0 Å². The minimum atomic E-state index is -0.568. The van der Waals surface area contributed by atoms with Gasteiger partial charge in [-0.15, -0.1) is 0 Å². The van der Waals surface area contributed by atoms with E-state index in [4.69, 9.17) is 5.73 Å². The Balaban J connectivity index is 1.88. The van der Waals surface area contributed by atoms with E-state index >= 15 is 0 Å². The molecule has 2 unspecified atom stereocenters. The van der Waals surface area contributed by atoms with Gasteiger partial charge in [0.2, 0.25) is 5.91 Å². The first-order chi connectivity index (χ1) is 11.0. The molecule has 0 spiro atoms.